The number of nitrogens with zero attached hydrogens (tertiary/aromatic N) is 1. The lowest BCUT2D eigenvalue weighted by molar-refractivity contribution is -0.199. The molecule has 3 aromatic rings. The molecule has 2 aromatic carbocycles. The van der Waals surface area contributed by atoms with Gasteiger partial charge in [-0.05, 0) is 37.1 Å². The second kappa shape index (κ2) is 9.02. The summed E-state index contributed by atoms with van der Waals surface area (Å²) in [6.45, 7) is -0.421. The van der Waals surface area contributed by atoms with E-state index in [1.807, 2.05) is 0 Å². The minimum atomic E-state index is -5.08. The standard InChI is InChI=1S/C25H20F3NO8/c1-33-16-7-12-15(10-17(16)34-2)23(31)29(5-3-4-6-35-24(32)25(26,27)28)21-13-8-18-19(37-11-36-18)9-14(13)22(30)20(12)21/h7-10H,3-6,11H2,1-2H3. The third kappa shape index (κ3) is 4.02. The van der Waals surface area contributed by atoms with Crippen molar-refractivity contribution in [1.29, 1.82) is 0 Å². The van der Waals surface area contributed by atoms with Crippen LogP contribution in [0.3, 0.4) is 0 Å². The van der Waals surface area contributed by atoms with Gasteiger partial charge in [-0.2, -0.15) is 13.2 Å². The Kier molecular flexibility index (Phi) is 5.97. The quantitative estimate of drug-likeness (QED) is 0.268. The van der Waals surface area contributed by atoms with E-state index in [1.54, 1.807) is 18.2 Å². The first-order chi connectivity index (χ1) is 17.7. The molecule has 0 saturated carbocycles. The molecule has 0 spiro atoms. The van der Waals surface area contributed by atoms with E-state index in [0.29, 0.717) is 45.2 Å². The summed E-state index contributed by atoms with van der Waals surface area (Å²) in [5, 5.41) is 0.581. The van der Waals surface area contributed by atoms with Crippen molar-refractivity contribution >= 4 is 22.5 Å². The first-order valence-corrected chi connectivity index (χ1v) is 11.2. The highest BCUT2D eigenvalue weighted by Crippen LogP contribution is 2.46. The molecular weight excluding hydrogens is 499 g/mol. The molecule has 5 rings (SSSR count). The molecule has 1 aliphatic heterocycles. The van der Waals surface area contributed by atoms with Crippen molar-refractivity contribution in [3.63, 3.8) is 0 Å². The molecular formula is C25H20F3NO8. The second-order valence-corrected chi connectivity index (χ2v) is 8.35. The van der Waals surface area contributed by atoms with Gasteiger partial charge < -0.3 is 28.3 Å². The van der Waals surface area contributed by atoms with Crippen molar-refractivity contribution in [1.82, 2.24) is 4.57 Å². The Hall–Kier alpha value is -4.22. The summed E-state index contributed by atoms with van der Waals surface area (Å²) < 4.78 is 64.4. The van der Waals surface area contributed by atoms with Crippen LogP contribution in [0.4, 0.5) is 13.2 Å². The molecule has 0 saturated heterocycles. The van der Waals surface area contributed by atoms with E-state index in [-0.39, 0.29) is 42.9 Å². The maximum Gasteiger partial charge on any atom is 0.490 e. The normalized spacial score (nSPS) is 13.5. The Bertz CT molecular complexity index is 1510. The fourth-order valence-corrected chi connectivity index (χ4v) is 4.57. The fraction of sp³-hybridized carbons (Fsp3) is 0.320. The van der Waals surface area contributed by atoms with Gasteiger partial charge in [0.2, 0.25) is 6.79 Å². The SMILES string of the molecule is COc1cc2c3c(n(CCCCOC(=O)C(F)(F)F)c(=O)c2cc1OC)-c1cc2c(cc1C3=O)OCO2. The van der Waals surface area contributed by atoms with Crippen molar-refractivity contribution in [2.24, 2.45) is 0 Å². The number of fused-ring (bicyclic) bond motifs is 6. The number of rotatable bonds is 7. The van der Waals surface area contributed by atoms with E-state index in [2.05, 4.69) is 4.74 Å². The maximum atomic E-state index is 13.7. The van der Waals surface area contributed by atoms with Crippen LogP contribution < -0.4 is 24.5 Å². The van der Waals surface area contributed by atoms with Gasteiger partial charge in [0.05, 0.1) is 37.5 Å². The number of methoxy groups -OCH3 is 2. The average molecular weight is 519 g/mol. The van der Waals surface area contributed by atoms with Crippen LogP contribution in [0.5, 0.6) is 23.0 Å². The molecule has 1 aromatic heterocycles. The number of alkyl halides is 3. The molecule has 9 nitrogen and oxygen atoms in total. The zero-order valence-electron chi connectivity index (χ0n) is 19.7. The van der Waals surface area contributed by atoms with Crippen molar-refractivity contribution in [3.8, 4) is 34.3 Å². The van der Waals surface area contributed by atoms with Crippen LogP contribution in [0.2, 0.25) is 0 Å². The number of esters is 1. The van der Waals surface area contributed by atoms with Gasteiger partial charge in [0.25, 0.3) is 5.56 Å². The molecule has 0 N–H and O–H groups in total. The van der Waals surface area contributed by atoms with Crippen LogP contribution in [0.15, 0.2) is 29.1 Å². The molecule has 37 heavy (non-hydrogen) atoms. The molecule has 0 bridgehead atoms. The molecule has 2 heterocycles. The average Bonchev–Trinajstić information content (AvgIpc) is 3.44. The van der Waals surface area contributed by atoms with Crippen LogP contribution in [0, 0.1) is 0 Å². The molecule has 0 amide bonds. The maximum absolute atomic E-state index is 13.7. The molecule has 12 heteroatoms. The summed E-state index contributed by atoms with van der Waals surface area (Å²) >= 11 is 0. The number of ether oxygens (including phenoxy) is 5. The largest absolute Gasteiger partial charge is 0.493 e. The van der Waals surface area contributed by atoms with Gasteiger partial charge in [0, 0.05) is 23.1 Å². The van der Waals surface area contributed by atoms with Gasteiger partial charge in [0.15, 0.2) is 28.8 Å². The lowest BCUT2D eigenvalue weighted by Crippen LogP contribution is -2.26. The topological polar surface area (TPSA) is 102 Å². The van der Waals surface area contributed by atoms with Crippen molar-refractivity contribution in [3.05, 3.63) is 45.7 Å². The Morgan fingerprint density at radius 1 is 0.946 bits per heavy atom. The van der Waals surface area contributed by atoms with E-state index in [9.17, 15) is 27.6 Å². The summed E-state index contributed by atoms with van der Waals surface area (Å²) in [7, 11) is 2.85. The Morgan fingerprint density at radius 3 is 2.19 bits per heavy atom. The number of hydrogen-bond donors (Lipinski definition) is 0. The molecule has 194 valence electrons. The number of aromatic nitrogens is 1. The lowest BCUT2D eigenvalue weighted by Gasteiger charge is -2.17. The number of pyridine rings is 1. The Labute approximate surface area is 207 Å². The van der Waals surface area contributed by atoms with Gasteiger partial charge in [-0.25, -0.2) is 4.79 Å². The second-order valence-electron chi connectivity index (χ2n) is 8.35. The van der Waals surface area contributed by atoms with E-state index in [0.717, 1.165) is 0 Å². The van der Waals surface area contributed by atoms with Crippen LogP contribution in [-0.2, 0) is 16.1 Å². The lowest BCUT2D eigenvalue weighted by atomic mass is 10.0. The predicted octanol–water partition coefficient (Wildman–Crippen LogP) is 3.84. The summed E-state index contributed by atoms with van der Waals surface area (Å²) in [5.74, 6) is -1.14. The Balaban J connectivity index is 1.60. The zero-order valence-corrected chi connectivity index (χ0v) is 19.7. The highest BCUT2D eigenvalue weighted by atomic mass is 19.4. The summed E-state index contributed by atoms with van der Waals surface area (Å²) in [5.41, 5.74) is 1.00. The summed E-state index contributed by atoms with van der Waals surface area (Å²) in [4.78, 5) is 38.2. The Morgan fingerprint density at radius 2 is 1.57 bits per heavy atom. The first kappa shape index (κ1) is 24.5. The third-order valence-corrected chi connectivity index (χ3v) is 6.26. The van der Waals surface area contributed by atoms with Crippen LogP contribution in [-0.4, -0.2) is 50.1 Å². The van der Waals surface area contributed by atoms with Crippen LogP contribution in [0.25, 0.3) is 22.0 Å². The number of halogens is 3. The number of unbranched alkanes of at least 4 members (excludes halogenated alkanes) is 1. The molecule has 1 aliphatic carbocycles. The van der Waals surface area contributed by atoms with E-state index in [4.69, 9.17) is 18.9 Å². The number of carbonyl (C=O) groups excluding carboxylic acids is 2. The zero-order chi connectivity index (χ0) is 26.5. The third-order valence-electron chi connectivity index (χ3n) is 6.26. The van der Waals surface area contributed by atoms with Crippen molar-refractivity contribution < 1.29 is 46.4 Å². The minimum Gasteiger partial charge on any atom is -0.493 e. The number of ketones is 1. The predicted molar refractivity (Wildman–Crippen MR) is 123 cm³/mol. The number of carbonyl (C=O) groups is 2. The van der Waals surface area contributed by atoms with E-state index < -0.39 is 24.3 Å². The van der Waals surface area contributed by atoms with Crippen molar-refractivity contribution in [2.75, 3.05) is 27.6 Å². The van der Waals surface area contributed by atoms with Gasteiger partial charge in [-0.15, -0.1) is 0 Å². The van der Waals surface area contributed by atoms with Gasteiger partial charge >= 0.3 is 12.1 Å². The smallest absolute Gasteiger partial charge is 0.490 e. The molecule has 0 radical (unpaired) electrons. The van der Waals surface area contributed by atoms with Crippen LogP contribution in [0.1, 0.15) is 28.8 Å². The highest BCUT2D eigenvalue weighted by molar-refractivity contribution is 6.27. The molecule has 0 atom stereocenters. The summed E-state index contributed by atoms with van der Waals surface area (Å²) in [6.07, 6.45) is -4.81. The van der Waals surface area contributed by atoms with E-state index in [1.165, 1.54) is 24.9 Å². The first-order valence-electron chi connectivity index (χ1n) is 11.2. The number of benzene rings is 2. The van der Waals surface area contributed by atoms with Gasteiger partial charge in [-0.1, -0.05) is 0 Å². The highest BCUT2D eigenvalue weighted by Gasteiger charge is 2.41. The minimum absolute atomic E-state index is 0.00254. The van der Waals surface area contributed by atoms with Crippen molar-refractivity contribution in [2.45, 2.75) is 25.6 Å². The van der Waals surface area contributed by atoms with Gasteiger partial charge in [-0.3, -0.25) is 9.59 Å². The molecule has 2 aliphatic rings. The van der Waals surface area contributed by atoms with E-state index >= 15 is 0 Å². The number of hydrogen-bond acceptors (Lipinski definition) is 8. The molecule has 0 fully saturated rings. The fourth-order valence-electron chi connectivity index (χ4n) is 4.57. The summed E-state index contributed by atoms with van der Waals surface area (Å²) in [6, 6.07) is 6.26. The molecule has 0 unspecified atom stereocenters. The van der Waals surface area contributed by atoms with Crippen LogP contribution >= 0.6 is 0 Å². The monoisotopic (exact) mass is 519 g/mol. The van der Waals surface area contributed by atoms with Gasteiger partial charge in [0.1, 0.15) is 0 Å².